The van der Waals surface area contributed by atoms with Crippen molar-refractivity contribution in [1.82, 2.24) is 0 Å². The molecule has 6 heteroatoms. The summed E-state index contributed by atoms with van der Waals surface area (Å²) in [6.45, 7) is 0. The third-order valence-electron chi connectivity index (χ3n) is 1.55. The topological polar surface area (TPSA) is 57.5 Å². The van der Waals surface area contributed by atoms with Crippen molar-refractivity contribution >= 4 is 51.2 Å². The number of carbonyl (C=O) groups is 1. The number of carboxylic acids is 1. The largest absolute Gasteiger partial charge is 0.479 e. The lowest BCUT2D eigenvalue weighted by Gasteiger charge is -2.08. The van der Waals surface area contributed by atoms with Gasteiger partial charge in [-0.3, -0.25) is 0 Å². The van der Waals surface area contributed by atoms with E-state index < -0.39 is 17.9 Å². The van der Waals surface area contributed by atoms with Crippen molar-refractivity contribution in [2.45, 2.75) is 6.10 Å². The molecule has 0 bridgehead atoms. The highest BCUT2D eigenvalue weighted by atomic mass is 127. The van der Waals surface area contributed by atoms with Crippen LogP contribution in [0.5, 0.6) is 0 Å². The Morgan fingerprint density at radius 3 is 2.50 bits per heavy atom. The molecule has 1 atom stereocenters. The summed E-state index contributed by atoms with van der Waals surface area (Å²) in [5.41, 5.74) is -0.200. The minimum absolute atomic E-state index is 0.200. The summed E-state index contributed by atoms with van der Waals surface area (Å²) in [7, 11) is 0. The molecule has 0 radical (unpaired) electrons. The van der Waals surface area contributed by atoms with Gasteiger partial charge in [-0.2, -0.15) is 0 Å². The molecule has 0 heterocycles. The van der Waals surface area contributed by atoms with Gasteiger partial charge in [-0.05, 0) is 57.3 Å². The van der Waals surface area contributed by atoms with Crippen molar-refractivity contribution in [1.29, 1.82) is 0 Å². The Morgan fingerprint density at radius 1 is 1.43 bits per heavy atom. The molecule has 0 saturated carbocycles. The molecule has 0 aliphatic heterocycles. The first-order valence-corrected chi connectivity index (χ1v) is 5.64. The lowest BCUT2D eigenvalue weighted by atomic mass is 10.1. The van der Waals surface area contributed by atoms with Crippen LogP contribution in [0.3, 0.4) is 0 Å². The minimum Gasteiger partial charge on any atom is -0.479 e. The van der Waals surface area contributed by atoms with Crippen molar-refractivity contribution in [2.75, 3.05) is 0 Å². The zero-order chi connectivity index (χ0) is 10.9. The molecule has 0 saturated heterocycles. The van der Waals surface area contributed by atoms with E-state index in [1.165, 1.54) is 6.07 Å². The molecule has 1 aromatic carbocycles. The summed E-state index contributed by atoms with van der Waals surface area (Å²) in [6.07, 6.45) is -1.81. The maximum Gasteiger partial charge on any atom is 0.337 e. The third kappa shape index (κ3) is 2.54. The number of hydrogen-bond acceptors (Lipinski definition) is 2. The fourth-order valence-corrected chi connectivity index (χ4v) is 2.80. The molecular formula is C8H5FI2O3. The highest BCUT2D eigenvalue weighted by Gasteiger charge is 2.21. The van der Waals surface area contributed by atoms with Crippen LogP contribution in [0.4, 0.5) is 4.39 Å². The number of hydrogen-bond donors (Lipinski definition) is 2. The van der Waals surface area contributed by atoms with Gasteiger partial charge < -0.3 is 10.2 Å². The molecule has 0 amide bonds. The predicted molar refractivity (Wildman–Crippen MR) is 64.4 cm³/mol. The summed E-state index contributed by atoms with van der Waals surface area (Å²) in [5.74, 6) is -2.14. The van der Waals surface area contributed by atoms with Gasteiger partial charge in [-0.1, -0.05) is 0 Å². The molecule has 0 aliphatic rings. The zero-order valence-electron chi connectivity index (χ0n) is 6.67. The summed E-state index contributed by atoms with van der Waals surface area (Å²) in [6, 6.07) is 2.88. The Bertz CT molecular complexity index is 381. The van der Waals surface area contributed by atoms with Gasteiger partial charge in [0, 0.05) is 9.13 Å². The average Bonchev–Trinajstić information content (AvgIpc) is 2.09. The fraction of sp³-hybridized carbons (Fsp3) is 0.125. The number of aliphatic carboxylic acids is 1. The van der Waals surface area contributed by atoms with E-state index >= 15 is 0 Å². The number of carboxylic acid groups (broad SMARTS) is 1. The van der Waals surface area contributed by atoms with Gasteiger partial charge in [0.1, 0.15) is 5.82 Å². The lowest BCUT2D eigenvalue weighted by Crippen LogP contribution is -2.13. The van der Waals surface area contributed by atoms with Crippen LogP contribution in [-0.2, 0) is 4.79 Å². The van der Waals surface area contributed by atoms with Crippen LogP contribution in [0.1, 0.15) is 11.7 Å². The van der Waals surface area contributed by atoms with Crippen molar-refractivity contribution in [2.24, 2.45) is 0 Å². The molecule has 1 aromatic rings. The molecule has 2 N–H and O–H groups in total. The van der Waals surface area contributed by atoms with E-state index in [2.05, 4.69) is 0 Å². The molecule has 0 aliphatic carbocycles. The van der Waals surface area contributed by atoms with Crippen molar-refractivity contribution < 1.29 is 19.4 Å². The summed E-state index contributed by atoms with van der Waals surface area (Å²) in [5, 5.41) is 17.7. The second-order valence-corrected chi connectivity index (χ2v) is 4.94. The van der Waals surface area contributed by atoms with E-state index in [1.807, 2.05) is 22.6 Å². The molecule has 1 unspecified atom stereocenters. The second kappa shape index (κ2) is 4.71. The first kappa shape index (κ1) is 12.1. The van der Waals surface area contributed by atoms with Crippen LogP contribution < -0.4 is 0 Å². The zero-order valence-corrected chi connectivity index (χ0v) is 11.0. The van der Waals surface area contributed by atoms with Gasteiger partial charge in [0.15, 0.2) is 6.10 Å². The number of aliphatic hydroxyl groups excluding tert-OH is 1. The van der Waals surface area contributed by atoms with Crippen LogP contribution in [0, 0.1) is 13.0 Å². The van der Waals surface area contributed by atoms with Gasteiger partial charge >= 0.3 is 5.97 Å². The molecule has 0 aromatic heterocycles. The maximum absolute atomic E-state index is 13.4. The summed E-state index contributed by atoms with van der Waals surface area (Å²) < 4.78 is 14.3. The first-order chi connectivity index (χ1) is 6.43. The van der Waals surface area contributed by atoms with Gasteiger partial charge in [0.05, 0.1) is 3.57 Å². The number of aliphatic hydroxyl groups is 1. The van der Waals surface area contributed by atoms with Crippen LogP contribution >= 0.6 is 45.2 Å². The van der Waals surface area contributed by atoms with Crippen molar-refractivity contribution in [3.63, 3.8) is 0 Å². The standard InChI is InChI=1S/C8H5FI2O3/c9-6-4(7(12)8(13)14)1-3(10)2-5(6)11/h1-2,7,12H,(H,13,14). The van der Waals surface area contributed by atoms with Crippen molar-refractivity contribution in [3.05, 3.63) is 30.7 Å². The van der Waals surface area contributed by atoms with Gasteiger partial charge in [0.2, 0.25) is 0 Å². The Balaban J connectivity index is 3.26. The van der Waals surface area contributed by atoms with Crippen molar-refractivity contribution in [3.8, 4) is 0 Å². The van der Waals surface area contributed by atoms with Gasteiger partial charge in [-0.25, -0.2) is 9.18 Å². The highest BCUT2D eigenvalue weighted by molar-refractivity contribution is 14.1. The number of rotatable bonds is 2. The Labute approximate surface area is 107 Å². The minimum atomic E-state index is -1.81. The molecule has 1 rings (SSSR count). The molecular weight excluding hydrogens is 417 g/mol. The predicted octanol–water partition coefficient (Wildman–Crippen LogP) is 2.15. The normalized spacial score (nSPS) is 12.6. The van der Waals surface area contributed by atoms with E-state index in [0.717, 1.165) is 0 Å². The molecule has 14 heavy (non-hydrogen) atoms. The third-order valence-corrected chi connectivity index (χ3v) is 2.96. The monoisotopic (exact) mass is 422 g/mol. The fourth-order valence-electron chi connectivity index (χ4n) is 0.908. The Hall–Kier alpha value is 0.0400. The first-order valence-electron chi connectivity index (χ1n) is 3.48. The van der Waals surface area contributed by atoms with E-state index in [-0.39, 0.29) is 5.56 Å². The molecule has 76 valence electrons. The SMILES string of the molecule is O=C(O)C(O)c1cc(I)cc(I)c1F. The van der Waals surface area contributed by atoms with Gasteiger partial charge in [-0.15, -0.1) is 0 Å². The van der Waals surface area contributed by atoms with Crippen LogP contribution in [0.25, 0.3) is 0 Å². The van der Waals surface area contributed by atoms with E-state index in [0.29, 0.717) is 7.14 Å². The number of benzene rings is 1. The molecule has 0 fully saturated rings. The van der Waals surface area contributed by atoms with Crippen LogP contribution in [0.15, 0.2) is 12.1 Å². The van der Waals surface area contributed by atoms with Crippen LogP contribution in [0.2, 0.25) is 0 Å². The average molecular weight is 422 g/mol. The highest BCUT2D eigenvalue weighted by Crippen LogP contribution is 2.24. The quantitative estimate of drug-likeness (QED) is 0.568. The number of halogens is 3. The van der Waals surface area contributed by atoms with E-state index in [1.54, 1.807) is 28.7 Å². The summed E-state index contributed by atoms with van der Waals surface area (Å²) >= 11 is 3.68. The second-order valence-electron chi connectivity index (χ2n) is 2.53. The van der Waals surface area contributed by atoms with Gasteiger partial charge in [0.25, 0.3) is 0 Å². The maximum atomic E-state index is 13.4. The van der Waals surface area contributed by atoms with Crippen LogP contribution in [-0.4, -0.2) is 16.2 Å². The van der Waals surface area contributed by atoms with E-state index in [9.17, 15) is 14.3 Å². The Kier molecular flexibility index (Phi) is 4.07. The summed E-state index contributed by atoms with van der Waals surface area (Å²) in [4.78, 5) is 10.5. The lowest BCUT2D eigenvalue weighted by molar-refractivity contribution is -0.147. The van der Waals surface area contributed by atoms with E-state index in [4.69, 9.17) is 5.11 Å². The molecule has 3 nitrogen and oxygen atoms in total. The smallest absolute Gasteiger partial charge is 0.337 e. The Morgan fingerprint density at radius 2 is 2.00 bits per heavy atom. The molecule has 0 spiro atoms.